The number of fused-ring (bicyclic) bond motifs is 1. The van der Waals surface area contributed by atoms with Gasteiger partial charge < -0.3 is 10.6 Å². The molecule has 142 valence electrons. The van der Waals surface area contributed by atoms with Crippen molar-refractivity contribution in [3.8, 4) is 11.3 Å². The lowest BCUT2D eigenvalue weighted by molar-refractivity contribution is -0.118. The minimum atomic E-state index is 0.0609. The van der Waals surface area contributed by atoms with Gasteiger partial charge in [-0.2, -0.15) is 21.4 Å². The van der Waals surface area contributed by atoms with Gasteiger partial charge in [0.15, 0.2) is 5.65 Å². The Morgan fingerprint density at radius 1 is 1.33 bits per heavy atom. The highest BCUT2D eigenvalue weighted by Gasteiger charge is 2.13. The van der Waals surface area contributed by atoms with Crippen molar-refractivity contribution in [2.45, 2.75) is 6.42 Å². The van der Waals surface area contributed by atoms with Crippen LogP contribution in [0.5, 0.6) is 0 Å². The summed E-state index contributed by atoms with van der Waals surface area (Å²) < 4.78 is 2.56. The third kappa shape index (κ3) is 4.94. The van der Waals surface area contributed by atoms with Gasteiger partial charge in [0, 0.05) is 29.7 Å². The zero-order chi connectivity index (χ0) is 19.2. The zero-order valence-corrected chi connectivity index (χ0v) is 17.9. The normalized spacial score (nSPS) is 10.9. The third-order valence-corrected chi connectivity index (χ3v) is 5.28. The minimum absolute atomic E-state index is 0.0609. The maximum Gasteiger partial charge on any atom is 0.229 e. The van der Waals surface area contributed by atoms with Crippen molar-refractivity contribution in [3.63, 3.8) is 0 Å². The van der Waals surface area contributed by atoms with Crippen molar-refractivity contribution in [2.24, 2.45) is 0 Å². The highest BCUT2D eigenvalue weighted by atomic mass is 79.9. The van der Waals surface area contributed by atoms with Gasteiger partial charge in [0.1, 0.15) is 5.82 Å². The zero-order valence-electron chi connectivity index (χ0n) is 14.7. The number of nitrogens with zero attached hydrogens (tertiary/aromatic N) is 3. The van der Waals surface area contributed by atoms with Gasteiger partial charge in [-0.15, -0.1) is 0 Å². The first-order chi connectivity index (χ1) is 13.1. The summed E-state index contributed by atoms with van der Waals surface area (Å²) in [6.45, 7) is 1.32. The molecule has 2 aromatic heterocycles. The fourth-order valence-electron chi connectivity index (χ4n) is 2.58. The van der Waals surface area contributed by atoms with E-state index in [9.17, 15) is 4.79 Å². The van der Waals surface area contributed by atoms with Crippen molar-refractivity contribution in [1.29, 1.82) is 0 Å². The minimum Gasteiger partial charge on any atom is -0.370 e. The van der Waals surface area contributed by atoms with Gasteiger partial charge in [-0.3, -0.25) is 4.79 Å². The molecule has 0 bridgehead atoms. The van der Waals surface area contributed by atoms with E-state index in [2.05, 4.69) is 36.6 Å². The van der Waals surface area contributed by atoms with E-state index in [1.807, 2.05) is 36.6 Å². The van der Waals surface area contributed by atoms with Gasteiger partial charge in [-0.25, -0.2) is 4.98 Å². The van der Waals surface area contributed by atoms with Crippen LogP contribution in [0.15, 0.2) is 41.0 Å². The molecule has 27 heavy (non-hydrogen) atoms. The SMILES string of the molecule is CSCC(=O)NCCCNc1cc(-c2ccccc2Cl)nc2c(Br)cnn12. The summed E-state index contributed by atoms with van der Waals surface area (Å²) in [5.41, 5.74) is 2.34. The van der Waals surface area contributed by atoms with Gasteiger partial charge in [-0.1, -0.05) is 29.8 Å². The van der Waals surface area contributed by atoms with Crippen molar-refractivity contribution < 1.29 is 4.79 Å². The second kappa shape index (κ2) is 9.43. The predicted molar refractivity (Wildman–Crippen MR) is 116 cm³/mol. The molecule has 0 aliphatic heterocycles. The Morgan fingerprint density at radius 2 is 2.15 bits per heavy atom. The van der Waals surface area contributed by atoms with E-state index in [1.165, 1.54) is 11.8 Å². The van der Waals surface area contributed by atoms with Crippen LogP contribution < -0.4 is 10.6 Å². The summed E-state index contributed by atoms with van der Waals surface area (Å²) in [5, 5.41) is 11.3. The van der Waals surface area contributed by atoms with Crippen molar-refractivity contribution in [1.82, 2.24) is 19.9 Å². The first kappa shape index (κ1) is 20.0. The lowest BCUT2D eigenvalue weighted by atomic mass is 10.1. The van der Waals surface area contributed by atoms with Gasteiger partial charge >= 0.3 is 0 Å². The number of aromatic nitrogens is 3. The summed E-state index contributed by atoms with van der Waals surface area (Å²) in [4.78, 5) is 16.2. The van der Waals surface area contributed by atoms with Crippen molar-refractivity contribution in [2.75, 3.05) is 30.4 Å². The Hall–Kier alpha value is -1.77. The maximum atomic E-state index is 11.5. The molecule has 6 nitrogen and oxygen atoms in total. The number of hydrogen-bond donors (Lipinski definition) is 2. The van der Waals surface area contributed by atoms with Crippen LogP contribution in [-0.2, 0) is 4.79 Å². The molecule has 0 unspecified atom stereocenters. The number of carbonyl (C=O) groups excluding carboxylic acids is 1. The van der Waals surface area contributed by atoms with Gasteiger partial charge in [0.2, 0.25) is 5.91 Å². The average molecular weight is 469 g/mol. The number of benzene rings is 1. The van der Waals surface area contributed by atoms with Crippen LogP contribution in [0, 0.1) is 0 Å². The quantitative estimate of drug-likeness (QED) is 0.487. The van der Waals surface area contributed by atoms with Crippen LogP contribution >= 0.6 is 39.3 Å². The summed E-state index contributed by atoms with van der Waals surface area (Å²) in [5.74, 6) is 1.36. The van der Waals surface area contributed by atoms with Crippen LogP contribution in [0.1, 0.15) is 6.42 Å². The average Bonchev–Trinajstić information content (AvgIpc) is 3.03. The molecule has 0 fully saturated rings. The molecule has 0 aliphatic rings. The molecular weight excluding hydrogens is 450 g/mol. The lowest BCUT2D eigenvalue weighted by Gasteiger charge is -2.12. The van der Waals surface area contributed by atoms with Crippen LogP contribution in [0.25, 0.3) is 16.9 Å². The Morgan fingerprint density at radius 3 is 2.93 bits per heavy atom. The van der Waals surface area contributed by atoms with E-state index < -0.39 is 0 Å². The molecule has 2 N–H and O–H groups in total. The Bertz CT molecular complexity index is 949. The molecule has 0 atom stereocenters. The fourth-order valence-corrected chi connectivity index (χ4v) is 3.53. The van der Waals surface area contributed by atoms with Crippen LogP contribution in [-0.4, -0.2) is 45.6 Å². The molecule has 3 rings (SSSR count). The largest absolute Gasteiger partial charge is 0.370 e. The number of hydrogen-bond acceptors (Lipinski definition) is 5. The standard InChI is InChI=1S/C18H19BrClN5OS/c1-27-11-17(26)22-8-4-7-21-16-9-15(12-5-2-3-6-14(12)20)24-18-13(19)10-23-25(16)18/h2-3,5-6,9-10,21H,4,7-8,11H2,1H3,(H,22,26). The summed E-state index contributed by atoms with van der Waals surface area (Å²) in [6.07, 6.45) is 4.43. The van der Waals surface area contributed by atoms with Gasteiger partial charge in [0.05, 0.1) is 22.1 Å². The van der Waals surface area contributed by atoms with E-state index in [4.69, 9.17) is 11.6 Å². The van der Waals surface area contributed by atoms with Crippen molar-refractivity contribution >= 4 is 56.7 Å². The van der Waals surface area contributed by atoms with E-state index >= 15 is 0 Å². The second-order valence-corrected chi connectivity index (χ2v) is 7.93. The molecule has 2 heterocycles. The molecule has 0 aliphatic carbocycles. The molecule has 0 saturated carbocycles. The topological polar surface area (TPSA) is 71.3 Å². The summed E-state index contributed by atoms with van der Waals surface area (Å²) >= 11 is 11.3. The fraction of sp³-hybridized carbons (Fsp3) is 0.278. The first-order valence-electron chi connectivity index (χ1n) is 8.39. The van der Waals surface area contributed by atoms with Gasteiger partial charge in [0.25, 0.3) is 0 Å². The number of rotatable bonds is 8. The van der Waals surface area contributed by atoms with Crippen LogP contribution in [0.2, 0.25) is 5.02 Å². The molecular formula is C18H19BrClN5OS. The highest BCUT2D eigenvalue weighted by Crippen LogP contribution is 2.30. The number of carbonyl (C=O) groups is 1. The van der Waals surface area contributed by atoms with Crippen LogP contribution in [0.4, 0.5) is 5.82 Å². The number of anilines is 1. The number of halogens is 2. The number of nitrogens with one attached hydrogen (secondary N) is 2. The van der Waals surface area contributed by atoms with E-state index in [1.54, 1.807) is 10.7 Å². The smallest absolute Gasteiger partial charge is 0.229 e. The second-order valence-electron chi connectivity index (χ2n) is 5.80. The van der Waals surface area contributed by atoms with E-state index in [-0.39, 0.29) is 5.91 Å². The first-order valence-corrected chi connectivity index (χ1v) is 11.0. The third-order valence-electron chi connectivity index (χ3n) is 3.84. The molecule has 0 spiro atoms. The Balaban J connectivity index is 1.76. The molecule has 0 radical (unpaired) electrons. The predicted octanol–water partition coefficient (Wildman–Crippen LogP) is 4.09. The monoisotopic (exact) mass is 467 g/mol. The molecule has 3 aromatic rings. The van der Waals surface area contributed by atoms with Crippen LogP contribution in [0.3, 0.4) is 0 Å². The maximum absolute atomic E-state index is 11.5. The lowest BCUT2D eigenvalue weighted by Crippen LogP contribution is -2.27. The summed E-state index contributed by atoms with van der Waals surface area (Å²) in [7, 11) is 0. The highest BCUT2D eigenvalue weighted by molar-refractivity contribution is 9.10. The summed E-state index contributed by atoms with van der Waals surface area (Å²) in [6, 6.07) is 9.54. The number of amides is 1. The Labute approximate surface area is 175 Å². The Kier molecular flexibility index (Phi) is 6.98. The molecule has 1 aromatic carbocycles. The van der Waals surface area contributed by atoms with E-state index in [0.717, 1.165) is 28.0 Å². The van der Waals surface area contributed by atoms with Gasteiger partial charge in [-0.05, 0) is 34.7 Å². The van der Waals surface area contributed by atoms with Crippen molar-refractivity contribution in [3.05, 3.63) is 46.0 Å². The number of thioether (sulfide) groups is 1. The van der Waals surface area contributed by atoms with E-state index in [0.29, 0.717) is 29.5 Å². The molecule has 0 saturated heterocycles. The molecule has 9 heteroatoms. The molecule has 1 amide bonds.